The van der Waals surface area contributed by atoms with Crippen molar-refractivity contribution in [3.8, 4) is 5.75 Å². The molecule has 0 atom stereocenters. The molecule has 5 heteroatoms. The maximum absolute atomic E-state index is 11.9. The van der Waals surface area contributed by atoms with E-state index >= 15 is 0 Å². The average molecular weight is 343 g/mol. The molecular weight excluding hydrogens is 318 g/mol. The monoisotopic (exact) mass is 343 g/mol. The highest BCUT2D eigenvalue weighted by molar-refractivity contribution is 6.83. The minimum absolute atomic E-state index is 0.0368. The van der Waals surface area contributed by atoms with E-state index in [0.717, 1.165) is 22.7 Å². The summed E-state index contributed by atoms with van der Waals surface area (Å²) in [5, 5.41) is 10.3. The lowest BCUT2D eigenvalue weighted by molar-refractivity contribution is -0.129. The smallest absolute Gasteiger partial charge is 0.219 e. The molecule has 0 saturated heterocycles. The number of nitrogens with zero attached hydrogens (tertiary/aromatic N) is 1. The Morgan fingerprint density at radius 2 is 1.54 bits per heavy atom. The molecule has 4 nitrogen and oxygen atoms in total. The van der Waals surface area contributed by atoms with Crippen molar-refractivity contribution in [3.63, 3.8) is 0 Å². The van der Waals surface area contributed by atoms with Crippen LogP contribution >= 0.6 is 0 Å². The van der Waals surface area contributed by atoms with Gasteiger partial charge in [0.2, 0.25) is 14.2 Å². The zero-order valence-electron chi connectivity index (χ0n) is 14.5. The van der Waals surface area contributed by atoms with E-state index in [1.54, 1.807) is 19.1 Å². The normalized spacial score (nSPS) is 11.3. The van der Waals surface area contributed by atoms with Gasteiger partial charge < -0.3 is 14.8 Å². The molecule has 2 rings (SSSR count). The number of phenolic OH excluding ortho intramolecular Hbond substituents is 1. The Morgan fingerprint density at radius 1 is 1.00 bits per heavy atom. The van der Waals surface area contributed by atoms with Crippen molar-refractivity contribution in [1.82, 2.24) is 4.90 Å². The quantitative estimate of drug-likeness (QED) is 0.792. The number of carbonyl (C=O) groups is 1. The molecular formula is C19H25NO3Si. The van der Waals surface area contributed by atoms with Gasteiger partial charge in [-0.2, -0.15) is 0 Å². The summed E-state index contributed by atoms with van der Waals surface area (Å²) in [5.41, 5.74) is 2.14. The molecule has 0 radical (unpaired) electrons. The van der Waals surface area contributed by atoms with Gasteiger partial charge in [0.15, 0.2) is 0 Å². The van der Waals surface area contributed by atoms with Gasteiger partial charge in [0.25, 0.3) is 0 Å². The topological polar surface area (TPSA) is 60.8 Å². The molecule has 2 N–H and O–H groups in total. The van der Waals surface area contributed by atoms with Crippen molar-refractivity contribution in [2.45, 2.75) is 33.0 Å². The largest absolute Gasteiger partial charge is 0.508 e. The number of hydrogen-bond donors (Lipinski definition) is 2. The van der Waals surface area contributed by atoms with Gasteiger partial charge in [-0.05, 0) is 48.0 Å². The van der Waals surface area contributed by atoms with E-state index in [-0.39, 0.29) is 11.7 Å². The van der Waals surface area contributed by atoms with Crippen LogP contribution in [0.15, 0.2) is 48.5 Å². The molecule has 0 unspecified atom stereocenters. The Bertz CT molecular complexity index is 675. The third kappa shape index (κ3) is 5.21. The van der Waals surface area contributed by atoms with Crippen molar-refractivity contribution < 1.29 is 14.7 Å². The van der Waals surface area contributed by atoms with Crippen LogP contribution in [0.5, 0.6) is 5.75 Å². The van der Waals surface area contributed by atoms with Crippen LogP contribution in [0.4, 0.5) is 0 Å². The first kappa shape index (κ1) is 18.2. The molecule has 24 heavy (non-hydrogen) atoms. The lowest BCUT2D eigenvalue weighted by Gasteiger charge is -2.22. The number of phenols is 1. The zero-order chi connectivity index (χ0) is 17.7. The molecule has 0 aromatic heterocycles. The molecule has 0 aliphatic carbocycles. The van der Waals surface area contributed by atoms with Crippen LogP contribution in [-0.2, 0) is 17.8 Å². The summed E-state index contributed by atoms with van der Waals surface area (Å²) in [6.07, 6.45) is 0.745. The summed E-state index contributed by atoms with van der Waals surface area (Å²) in [7, 11) is -2.28. The molecule has 0 heterocycles. The fourth-order valence-corrected chi connectivity index (χ4v) is 3.50. The first-order chi connectivity index (χ1) is 11.3. The maximum Gasteiger partial charge on any atom is 0.219 e. The number of benzene rings is 2. The zero-order valence-corrected chi connectivity index (χ0v) is 15.5. The van der Waals surface area contributed by atoms with Gasteiger partial charge in [-0.25, -0.2) is 0 Å². The average Bonchev–Trinajstić information content (AvgIpc) is 2.52. The van der Waals surface area contributed by atoms with Gasteiger partial charge >= 0.3 is 0 Å². The molecule has 1 amide bonds. The molecule has 2 aromatic carbocycles. The van der Waals surface area contributed by atoms with Crippen LogP contribution in [-0.4, -0.2) is 35.6 Å². The summed E-state index contributed by atoms with van der Waals surface area (Å²) in [4.78, 5) is 23.8. The van der Waals surface area contributed by atoms with E-state index in [1.165, 1.54) is 0 Å². The highest BCUT2D eigenvalue weighted by Crippen LogP contribution is 2.12. The van der Waals surface area contributed by atoms with Crippen LogP contribution in [0.3, 0.4) is 0 Å². The molecule has 128 valence electrons. The molecule has 0 bridgehead atoms. The first-order valence-corrected chi connectivity index (χ1v) is 11.1. The summed E-state index contributed by atoms with van der Waals surface area (Å²) >= 11 is 0. The Kier molecular flexibility index (Phi) is 5.80. The van der Waals surface area contributed by atoms with E-state index in [4.69, 9.17) is 0 Å². The fraction of sp³-hybridized carbons (Fsp3) is 0.316. The molecule has 2 aromatic rings. The summed E-state index contributed by atoms with van der Waals surface area (Å²) < 4.78 is 0. The maximum atomic E-state index is 11.9. The van der Waals surface area contributed by atoms with E-state index in [2.05, 4.69) is 0 Å². The lowest BCUT2D eigenvalue weighted by Crippen LogP contribution is -2.41. The SMILES string of the molecule is CC(=O)N(CCc1ccc(O)cc1)Cc1ccc([Si](C)(C)O)cc1. The molecule has 0 fully saturated rings. The minimum Gasteiger partial charge on any atom is -0.508 e. The standard InChI is InChI=1S/C19H25NO3Si/c1-15(21)20(13-12-16-4-8-18(22)9-5-16)14-17-6-10-19(11-7-17)24(2,3)23/h4-11,22-23H,12-14H2,1-3H3. The van der Waals surface area contributed by atoms with Crippen molar-refractivity contribution >= 4 is 19.4 Å². The second-order valence-electron chi connectivity index (χ2n) is 6.61. The summed E-state index contributed by atoms with van der Waals surface area (Å²) in [6.45, 7) is 6.54. The third-order valence-electron chi connectivity index (χ3n) is 4.09. The highest BCUT2D eigenvalue weighted by Gasteiger charge is 2.19. The van der Waals surface area contributed by atoms with Gasteiger partial charge in [0.05, 0.1) is 0 Å². The van der Waals surface area contributed by atoms with Crippen LogP contribution in [0, 0.1) is 0 Å². The number of amides is 1. The lowest BCUT2D eigenvalue weighted by atomic mass is 10.1. The van der Waals surface area contributed by atoms with Crippen LogP contribution in [0.25, 0.3) is 0 Å². The Balaban J connectivity index is 2.00. The van der Waals surface area contributed by atoms with Crippen molar-refractivity contribution in [2.24, 2.45) is 0 Å². The van der Waals surface area contributed by atoms with Gasteiger partial charge in [0, 0.05) is 20.0 Å². The van der Waals surface area contributed by atoms with Crippen molar-refractivity contribution in [1.29, 1.82) is 0 Å². The van der Waals surface area contributed by atoms with Crippen LogP contribution < -0.4 is 5.19 Å². The third-order valence-corrected chi connectivity index (χ3v) is 5.83. The van der Waals surface area contributed by atoms with Crippen molar-refractivity contribution in [3.05, 3.63) is 59.7 Å². The van der Waals surface area contributed by atoms with Crippen LogP contribution in [0.2, 0.25) is 13.1 Å². The molecule has 0 aliphatic heterocycles. The predicted molar refractivity (Wildman–Crippen MR) is 98.7 cm³/mol. The van der Waals surface area contributed by atoms with Gasteiger partial charge in [-0.1, -0.05) is 36.4 Å². The second-order valence-corrected chi connectivity index (χ2v) is 10.3. The highest BCUT2D eigenvalue weighted by atomic mass is 28.4. The fourth-order valence-electron chi connectivity index (χ4n) is 2.51. The summed E-state index contributed by atoms with van der Waals surface area (Å²) in [6, 6.07) is 14.9. The van der Waals surface area contributed by atoms with Gasteiger partial charge in [0.1, 0.15) is 5.75 Å². The Labute approximate surface area is 144 Å². The van der Waals surface area contributed by atoms with Gasteiger partial charge in [-0.15, -0.1) is 0 Å². The van der Waals surface area contributed by atoms with E-state index in [1.807, 2.05) is 54.4 Å². The van der Waals surface area contributed by atoms with E-state index in [9.17, 15) is 14.7 Å². The number of aromatic hydroxyl groups is 1. The first-order valence-electron chi connectivity index (χ1n) is 8.11. The molecule has 0 saturated carbocycles. The molecule has 0 spiro atoms. The number of carbonyl (C=O) groups excluding carboxylic acids is 1. The minimum atomic E-state index is -2.28. The van der Waals surface area contributed by atoms with E-state index in [0.29, 0.717) is 13.1 Å². The van der Waals surface area contributed by atoms with Crippen molar-refractivity contribution in [2.75, 3.05) is 6.54 Å². The van der Waals surface area contributed by atoms with Crippen LogP contribution in [0.1, 0.15) is 18.1 Å². The van der Waals surface area contributed by atoms with E-state index < -0.39 is 8.32 Å². The Morgan fingerprint density at radius 3 is 2.04 bits per heavy atom. The summed E-state index contributed by atoms with van der Waals surface area (Å²) in [5.74, 6) is 0.285. The van der Waals surface area contributed by atoms with Gasteiger partial charge in [-0.3, -0.25) is 4.79 Å². The second kappa shape index (κ2) is 7.64. The number of rotatable bonds is 6. The predicted octanol–water partition coefficient (Wildman–Crippen LogP) is 2.39. The Hall–Kier alpha value is -2.11. The number of hydrogen-bond acceptors (Lipinski definition) is 3. The molecule has 0 aliphatic rings.